The number of nitrogens with one attached hydrogen (secondary N) is 2. The molecule has 0 bridgehead atoms. The van der Waals surface area contributed by atoms with E-state index in [2.05, 4.69) is 15.6 Å². The fourth-order valence-corrected chi connectivity index (χ4v) is 3.15. The summed E-state index contributed by atoms with van der Waals surface area (Å²) in [5.41, 5.74) is 2.73. The van der Waals surface area contributed by atoms with Crippen molar-refractivity contribution in [3.8, 4) is 0 Å². The van der Waals surface area contributed by atoms with Gasteiger partial charge in [-0.25, -0.2) is 9.78 Å². The summed E-state index contributed by atoms with van der Waals surface area (Å²) >= 11 is 1.53. The van der Waals surface area contributed by atoms with Crippen LogP contribution in [-0.2, 0) is 11.2 Å². The Morgan fingerprint density at radius 1 is 1.40 bits per heavy atom. The number of hydrogen-bond acceptors (Lipinski definition) is 4. The Morgan fingerprint density at radius 3 is 2.95 bits per heavy atom. The average molecular weight is 297 g/mol. The number of carboxylic acid groups (broad SMARTS) is 1. The van der Waals surface area contributed by atoms with Crippen LogP contribution >= 0.6 is 11.3 Å². The smallest absolute Gasteiger partial charge is 0.314 e. The Balaban J connectivity index is 1.63. The number of nitrogens with zero attached hydrogens (tertiary/aromatic N) is 1. The summed E-state index contributed by atoms with van der Waals surface area (Å²) in [4.78, 5) is 26.8. The van der Waals surface area contributed by atoms with E-state index in [0.717, 1.165) is 18.5 Å². The second-order valence-corrected chi connectivity index (χ2v) is 5.72. The number of aromatic nitrogens is 1. The Bertz CT molecular complexity index is 450. The lowest BCUT2D eigenvalue weighted by molar-refractivity contribution is -0.142. The third-order valence-electron chi connectivity index (χ3n) is 3.65. The quantitative estimate of drug-likeness (QED) is 0.742. The molecule has 2 atom stereocenters. The summed E-state index contributed by atoms with van der Waals surface area (Å²) in [5.74, 6) is -1.01. The van der Waals surface area contributed by atoms with E-state index >= 15 is 0 Å². The average Bonchev–Trinajstić information content (AvgIpc) is 3.07. The molecule has 7 heteroatoms. The van der Waals surface area contributed by atoms with Crippen LogP contribution in [0.2, 0.25) is 0 Å². The molecular weight excluding hydrogens is 278 g/mol. The Kier molecular flexibility index (Phi) is 5.34. The van der Waals surface area contributed by atoms with Gasteiger partial charge in [0.05, 0.1) is 17.1 Å². The van der Waals surface area contributed by atoms with Gasteiger partial charge in [-0.3, -0.25) is 4.79 Å². The summed E-state index contributed by atoms with van der Waals surface area (Å²) in [6.07, 6.45) is 3.22. The van der Waals surface area contributed by atoms with Gasteiger partial charge in [0.15, 0.2) is 0 Å². The number of carboxylic acids is 1. The van der Waals surface area contributed by atoms with Crippen molar-refractivity contribution in [2.45, 2.75) is 25.7 Å². The fourth-order valence-electron chi connectivity index (χ4n) is 2.56. The number of rotatable bonds is 6. The van der Waals surface area contributed by atoms with Gasteiger partial charge in [0.1, 0.15) is 0 Å². The van der Waals surface area contributed by atoms with Crippen LogP contribution in [0.15, 0.2) is 10.9 Å². The van der Waals surface area contributed by atoms with Crippen LogP contribution in [0.5, 0.6) is 0 Å². The Hall–Kier alpha value is -1.63. The topological polar surface area (TPSA) is 91.3 Å². The molecule has 1 aliphatic carbocycles. The fraction of sp³-hybridized carbons (Fsp3) is 0.615. The van der Waals surface area contributed by atoms with Crippen molar-refractivity contribution in [3.05, 3.63) is 16.6 Å². The zero-order valence-corrected chi connectivity index (χ0v) is 12.0. The molecule has 1 aromatic heterocycles. The maximum atomic E-state index is 11.6. The maximum absolute atomic E-state index is 11.6. The molecule has 0 aromatic carbocycles. The van der Waals surface area contributed by atoms with Crippen molar-refractivity contribution >= 4 is 23.3 Å². The van der Waals surface area contributed by atoms with Crippen molar-refractivity contribution in [2.75, 3.05) is 13.1 Å². The van der Waals surface area contributed by atoms with Gasteiger partial charge >= 0.3 is 12.0 Å². The molecule has 0 aliphatic heterocycles. The first kappa shape index (κ1) is 14.8. The minimum absolute atomic E-state index is 0.0526. The number of carbonyl (C=O) groups excluding carboxylic acids is 1. The van der Waals surface area contributed by atoms with E-state index in [1.807, 2.05) is 5.38 Å². The summed E-state index contributed by atoms with van der Waals surface area (Å²) in [6.45, 7) is 0.960. The van der Waals surface area contributed by atoms with Crippen molar-refractivity contribution in [2.24, 2.45) is 11.8 Å². The molecule has 110 valence electrons. The molecule has 2 rings (SSSR count). The van der Waals surface area contributed by atoms with Gasteiger partial charge in [-0.2, -0.15) is 0 Å². The molecular formula is C13H19N3O3S. The molecule has 0 spiro atoms. The summed E-state index contributed by atoms with van der Waals surface area (Å²) in [7, 11) is 0. The predicted molar refractivity (Wildman–Crippen MR) is 75.7 cm³/mol. The van der Waals surface area contributed by atoms with E-state index in [-0.39, 0.29) is 17.9 Å². The molecule has 0 saturated heterocycles. The number of carbonyl (C=O) groups is 2. The van der Waals surface area contributed by atoms with Crippen molar-refractivity contribution in [1.82, 2.24) is 15.6 Å². The first-order valence-electron chi connectivity index (χ1n) is 6.78. The molecule has 1 aromatic rings. The number of aliphatic carboxylic acids is 1. The third kappa shape index (κ3) is 4.19. The van der Waals surface area contributed by atoms with Gasteiger partial charge in [-0.05, 0) is 18.8 Å². The molecule has 0 radical (unpaired) electrons. The molecule has 1 aliphatic rings. The van der Waals surface area contributed by atoms with E-state index < -0.39 is 5.97 Å². The highest BCUT2D eigenvalue weighted by molar-refractivity contribution is 7.07. The molecule has 1 heterocycles. The SMILES string of the molecule is O=C(NCCc1cscn1)NCC1CCCC1C(=O)O. The van der Waals surface area contributed by atoms with Crippen LogP contribution in [0, 0.1) is 11.8 Å². The van der Waals surface area contributed by atoms with E-state index in [4.69, 9.17) is 5.11 Å². The van der Waals surface area contributed by atoms with Crippen LogP contribution in [0.3, 0.4) is 0 Å². The van der Waals surface area contributed by atoms with E-state index in [1.165, 1.54) is 11.3 Å². The van der Waals surface area contributed by atoms with Crippen LogP contribution in [0.1, 0.15) is 25.0 Å². The lowest BCUT2D eigenvalue weighted by Crippen LogP contribution is -2.40. The third-order valence-corrected chi connectivity index (χ3v) is 4.29. The number of thiazole rings is 1. The summed E-state index contributed by atoms with van der Waals surface area (Å²) in [6, 6.07) is -0.240. The monoisotopic (exact) mass is 297 g/mol. The minimum atomic E-state index is -0.752. The number of hydrogen-bond donors (Lipinski definition) is 3. The lowest BCUT2D eigenvalue weighted by Gasteiger charge is -2.16. The standard InChI is InChI=1S/C13H19N3O3S/c17-12(18)11-3-1-2-9(11)6-15-13(19)14-5-4-10-7-20-8-16-10/h7-9,11H,1-6H2,(H,17,18)(H2,14,15,19). The maximum Gasteiger partial charge on any atom is 0.314 e. The second-order valence-electron chi connectivity index (χ2n) is 5.00. The van der Waals surface area contributed by atoms with Crippen LogP contribution in [0.4, 0.5) is 4.79 Å². The summed E-state index contributed by atoms with van der Waals surface area (Å²) in [5, 5.41) is 16.5. The first-order valence-corrected chi connectivity index (χ1v) is 7.72. The van der Waals surface area contributed by atoms with Crippen molar-refractivity contribution in [3.63, 3.8) is 0 Å². The normalized spacial score (nSPS) is 21.6. The van der Waals surface area contributed by atoms with Gasteiger partial charge in [0, 0.05) is 24.9 Å². The highest BCUT2D eigenvalue weighted by atomic mass is 32.1. The van der Waals surface area contributed by atoms with Gasteiger partial charge < -0.3 is 15.7 Å². The molecule has 2 amide bonds. The first-order chi connectivity index (χ1) is 9.66. The second kappa shape index (κ2) is 7.23. The zero-order valence-electron chi connectivity index (χ0n) is 11.2. The molecule has 20 heavy (non-hydrogen) atoms. The van der Waals surface area contributed by atoms with E-state index in [0.29, 0.717) is 25.9 Å². The molecule has 3 N–H and O–H groups in total. The predicted octanol–water partition coefficient (Wildman–Crippen LogP) is 1.49. The van der Waals surface area contributed by atoms with Gasteiger partial charge in [0.25, 0.3) is 0 Å². The molecule has 6 nitrogen and oxygen atoms in total. The van der Waals surface area contributed by atoms with Gasteiger partial charge in [0.2, 0.25) is 0 Å². The Labute approximate surface area is 121 Å². The largest absolute Gasteiger partial charge is 0.481 e. The highest BCUT2D eigenvalue weighted by Crippen LogP contribution is 2.31. The van der Waals surface area contributed by atoms with Gasteiger partial charge in [-0.15, -0.1) is 11.3 Å². The van der Waals surface area contributed by atoms with E-state index in [9.17, 15) is 9.59 Å². The zero-order chi connectivity index (χ0) is 14.4. The van der Waals surface area contributed by atoms with Crippen molar-refractivity contribution < 1.29 is 14.7 Å². The summed E-state index contributed by atoms with van der Waals surface area (Å²) < 4.78 is 0. The molecule has 2 unspecified atom stereocenters. The Morgan fingerprint density at radius 2 is 2.25 bits per heavy atom. The van der Waals surface area contributed by atoms with Crippen LogP contribution < -0.4 is 10.6 Å². The van der Waals surface area contributed by atoms with Crippen molar-refractivity contribution in [1.29, 1.82) is 0 Å². The van der Waals surface area contributed by atoms with Crippen LogP contribution in [0.25, 0.3) is 0 Å². The highest BCUT2D eigenvalue weighted by Gasteiger charge is 2.32. The van der Waals surface area contributed by atoms with Gasteiger partial charge in [-0.1, -0.05) is 6.42 Å². The minimum Gasteiger partial charge on any atom is -0.481 e. The van der Waals surface area contributed by atoms with Crippen LogP contribution in [-0.4, -0.2) is 35.2 Å². The molecule has 1 saturated carbocycles. The lowest BCUT2D eigenvalue weighted by atomic mass is 9.96. The molecule has 1 fully saturated rings. The number of amides is 2. The number of urea groups is 1. The van der Waals surface area contributed by atoms with E-state index in [1.54, 1.807) is 5.51 Å².